The van der Waals surface area contributed by atoms with E-state index in [9.17, 15) is 9.59 Å². The molecule has 0 atom stereocenters. The molecule has 27 heavy (non-hydrogen) atoms. The van der Waals surface area contributed by atoms with E-state index in [1.807, 2.05) is 6.07 Å². The molecule has 1 N–H and O–H groups in total. The monoisotopic (exact) mass is 381 g/mol. The third-order valence-corrected chi connectivity index (χ3v) is 3.98. The van der Waals surface area contributed by atoms with Crippen LogP contribution < -0.4 is 14.8 Å². The third kappa shape index (κ3) is 4.65. The number of esters is 1. The molecule has 0 bridgehead atoms. The molecule has 0 fully saturated rings. The number of methoxy groups -OCH3 is 1. The summed E-state index contributed by atoms with van der Waals surface area (Å²) in [5.41, 5.74) is 1.37. The second-order valence-electron chi connectivity index (χ2n) is 5.58. The molecule has 0 spiro atoms. The van der Waals surface area contributed by atoms with Crippen molar-refractivity contribution in [2.45, 2.75) is 0 Å². The highest BCUT2D eigenvalue weighted by atomic mass is 35.5. The fourth-order valence-corrected chi connectivity index (χ4v) is 2.57. The van der Waals surface area contributed by atoms with Crippen LogP contribution >= 0.6 is 11.6 Å². The van der Waals surface area contributed by atoms with E-state index < -0.39 is 5.97 Å². The molecule has 0 unspecified atom stereocenters. The third-order valence-electron chi connectivity index (χ3n) is 3.74. The molecule has 1 amide bonds. The van der Waals surface area contributed by atoms with E-state index in [0.29, 0.717) is 27.8 Å². The van der Waals surface area contributed by atoms with E-state index in [1.165, 1.54) is 13.2 Å². The molecule has 0 saturated carbocycles. The fourth-order valence-electron chi connectivity index (χ4n) is 2.40. The highest BCUT2D eigenvalue weighted by molar-refractivity contribution is 6.31. The van der Waals surface area contributed by atoms with Crippen LogP contribution in [0.3, 0.4) is 0 Å². The van der Waals surface area contributed by atoms with Gasteiger partial charge in [0.2, 0.25) is 0 Å². The smallest absolute Gasteiger partial charge is 0.347 e. The lowest BCUT2D eigenvalue weighted by Gasteiger charge is -2.10. The molecule has 136 valence electrons. The molecular weight excluding hydrogens is 366 g/mol. The van der Waals surface area contributed by atoms with Crippen molar-refractivity contribution in [1.82, 2.24) is 0 Å². The quantitative estimate of drug-likeness (QED) is 0.508. The van der Waals surface area contributed by atoms with Crippen molar-refractivity contribution in [3.05, 3.63) is 88.9 Å². The highest BCUT2D eigenvalue weighted by Crippen LogP contribution is 2.25. The SMILES string of the molecule is COc1ccc(Cl)cc1C(=O)Oc1ccc(NC(=O)c2ccccc2)cc1. The molecule has 0 heterocycles. The number of amides is 1. The Bertz CT molecular complexity index is 956. The number of halogens is 1. The van der Waals surface area contributed by atoms with Crippen LogP contribution in [0.2, 0.25) is 5.02 Å². The summed E-state index contributed by atoms with van der Waals surface area (Å²) in [5.74, 6) is -0.102. The minimum atomic E-state index is -0.588. The maximum absolute atomic E-state index is 12.4. The molecule has 0 aliphatic heterocycles. The average Bonchev–Trinajstić information content (AvgIpc) is 2.70. The summed E-state index contributed by atoms with van der Waals surface area (Å²) in [6.45, 7) is 0. The van der Waals surface area contributed by atoms with E-state index in [-0.39, 0.29) is 11.5 Å². The van der Waals surface area contributed by atoms with Crippen LogP contribution in [-0.2, 0) is 0 Å². The summed E-state index contributed by atoms with van der Waals surface area (Å²) in [6, 6.07) is 20.1. The van der Waals surface area contributed by atoms with E-state index in [2.05, 4.69) is 5.32 Å². The van der Waals surface area contributed by atoms with Gasteiger partial charge in [-0.25, -0.2) is 4.79 Å². The molecule has 5 nitrogen and oxygen atoms in total. The summed E-state index contributed by atoms with van der Waals surface area (Å²) in [5, 5.41) is 3.18. The molecule has 0 radical (unpaired) electrons. The van der Waals surface area contributed by atoms with Crippen LogP contribution in [0.25, 0.3) is 0 Å². The molecule has 6 heteroatoms. The molecule has 0 aliphatic carbocycles. The highest BCUT2D eigenvalue weighted by Gasteiger charge is 2.15. The Kier molecular flexibility index (Phi) is 5.74. The normalized spacial score (nSPS) is 10.1. The van der Waals surface area contributed by atoms with Crippen molar-refractivity contribution in [1.29, 1.82) is 0 Å². The van der Waals surface area contributed by atoms with Crippen LogP contribution in [-0.4, -0.2) is 19.0 Å². The first-order valence-electron chi connectivity index (χ1n) is 8.09. The zero-order valence-corrected chi connectivity index (χ0v) is 15.2. The van der Waals surface area contributed by atoms with Gasteiger partial charge in [0, 0.05) is 16.3 Å². The Balaban J connectivity index is 1.68. The van der Waals surface area contributed by atoms with Crippen LogP contribution in [0.1, 0.15) is 20.7 Å². The summed E-state index contributed by atoms with van der Waals surface area (Å²) in [4.78, 5) is 24.5. The Labute approximate surface area is 161 Å². The van der Waals surface area contributed by atoms with Crippen molar-refractivity contribution in [2.75, 3.05) is 12.4 Å². The first kappa shape index (κ1) is 18.5. The molecular formula is C21H16ClNO4. The van der Waals surface area contributed by atoms with Crippen molar-refractivity contribution in [3.8, 4) is 11.5 Å². The molecule has 0 aliphatic rings. The second kappa shape index (κ2) is 8.38. The first-order chi connectivity index (χ1) is 13.1. The van der Waals surface area contributed by atoms with Gasteiger partial charge in [-0.2, -0.15) is 0 Å². The van der Waals surface area contributed by atoms with E-state index in [4.69, 9.17) is 21.1 Å². The van der Waals surface area contributed by atoms with Gasteiger partial charge >= 0.3 is 5.97 Å². The van der Waals surface area contributed by atoms with Gasteiger partial charge in [0.05, 0.1) is 7.11 Å². The number of benzene rings is 3. The van der Waals surface area contributed by atoms with Crippen molar-refractivity contribution < 1.29 is 19.1 Å². The van der Waals surface area contributed by atoms with Gasteiger partial charge in [0.25, 0.3) is 5.91 Å². The number of nitrogens with one attached hydrogen (secondary N) is 1. The van der Waals surface area contributed by atoms with Gasteiger partial charge < -0.3 is 14.8 Å². The lowest BCUT2D eigenvalue weighted by molar-refractivity contribution is 0.0731. The summed E-state index contributed by atoms with van der Waals surface area (Å²) in [7, 11) is 1.46. The van der Waals surface area contributed by atoms with Crippen molar-refractivity contribution >= 4 is 29.2 Å². The largest absolute Gasteiger partial charge is 0.496 e. The molecule has 0 aromatic heterocycles. The Hall–Kier alpha value is -3.31. The molecule has 3 aromatic carbocycles. The summed E-state index contributed by atoms with van der Waals surface area (Å²) < 4.78 is 10.5. The molecule has 3 rings (SSSR count). The summed E-state index contributed by atoms with van der Waals surface area (Å²) >= 11 is 5.94. The zero-order chi connectivity index (χ0) is 19.2. The summed E-state index contributed by atoms with van der Waals surface area (Å²) in [6.07, 6.45) is 0. The van der Waals surface area contributed by atoms with Gasteiger partial charge in [-0.3, -0.25) is 4.79 Å². The van der Waals surface area contributed by atoms with Crippen molar-refractivity contribution in [3.63, 3.8) is 0 Å². The topological polar surface area (TPSA) is 64.6 Å². The Morgan fingerprint density at radius 3 is 2.30 bits per heavy atom. The van der Waals surface area contributed by atoms with Gasteiger partial charge in [-0.1, -0.05) is 29.8 Å². The number of rotatable bonds is 5. The Morgan fingerprint density at radius 2 is 1.63 bits per heavy atom. The van der Waals surface area contributed by atoms with Crippen LogP contribution in [0.5, 0.6) is 11.5 Å². The van der Waals surface area contributed by atoms with E-state index >= 15 is 0 Å². The zero-order valence-electron chi connectivity index (χ0n) is 14.4. The van der Waals surface area contributed by atoms with Gasteiger partial charge in [0.1, 0.15) is 17.1 Å². The van der Waals surface area contributed by atoms with Crippen molar-refractivity contribution in [2.24, 2.45) is 0 Å². The maximum Gasteiger partial charge on any atom is 0.347 e. The second-order valence-corrected chi connectivity index (χ2v) is 6.02. The predicted molar refractivity (Wildman–Crippen MR) is 104 cm³/mol. The van der Waals surface area contributed by atoms with Crippen LogP contribution in [0.4, 0.5) is 5.69 Å². The minimum Gasteiger partial charge on any atom is -0.496 e. The minimum absolute atomic E-state index is 0.219. The van der Waals surface area contributed by atoms with Gasteiger partial charge in [0.15, 0.2) is 0 Å². The maximum atomic E-state index is 12.4. The molecule has 0 saturated heterocycles. The number of carbonyl (C=O) groups excluding carboxylic acids is 2. The first-order valence-corrected chi connectivity index (χ1v) is 8.47. The van der Waals surface area contributed by atoms with Crippen LogP contribution in [0.15, 0.2) is 72.8 Å². The predicted octanol–water partition coefficient (Wildman–Crippen LogP) is 4.82. The number of ether oxygens (including phenoxy) is 2. The van der Waals surface area contributed by atoms with Crippen LogP contribution in [0, 0.1) is 0 Å². The number of anilines is 1. The Morgan fingerprint density at radius 1 is 0.926 bits per heavy atom. The standard InChI is InChI=1S/C21H16ClNO4/c1-26-19-12-7-15(22)13-18(19)21(25)27-17-10-8-16(9-11-17)23-20(24)14-5-3-2-4-6-14/h2-13H,1H3,(H,23,24). The number of hydrogen-bond acceptors (Lipinski definition) is 4. The fraction of sp³-hybridized carbons (Fsp3) is 0.0476. The van der Waals surface area contributed by atoms with E-state index in [0.717, 1.165) is 0 Å². The van der Waals surface area contributed by atoms with E-state index in [1.54, 1.807) is 60.7 Å². The lowest BCUT2D eigenvalue weighted by Crippen LogP contribution is -2.12. The van der Waals surface area contributed by atoms with Gasteiger partial charge in [-0.05, 0) is 54.6 Å². The molecule has 3 aromatic rings. The lowest BCUT2D eigenvalue weighted by atomic mass is 10.2. The van der Waals surface area contributed by atoms with Gasteiger partial charge in [-0.15, -0.1) is 0 Å². The number of carbonyl (C=O) groups is 2. The average molecular weight is 382 g/mol. The number of hydrogen-bond donors (Lipinski definition) is 1.